The van der Waals surface area contributed by atoms with Crippen LogP contribution >= 0.6 is 18.7 Å². The van der Waals surface area contributed by atoms with Crippen molar-refractivity contribution in [1.29, 1.82) is 0 Å². The van der Waals surface area contributed by atoms with E-state index in [2.05, 4.69) is 32.1 Å². The summed E-state index contributed by atoms with van der Waals surface area (Å²) >= 11 is 11.7. The monoisotopic (exact) mass is 450 g/mol. The third-order valence-electron chi connectivity index (χ3n) is 5.02. The van der Waals surface area contributed by atoms with Gasteiger partial charge in [-0.25, -0.2) is 0 Å². The van der Waals surface area contributed by atoms with Crippen LogP contribution in [0.1, 0.15) is 77.2 Å². The van der Waals surface area contributed by atoms with E-state index >= 15 is 0 Å². The molecular weight excluding hydrogens is 415 g/mol. The summed E-state index contributed by atoms with van der Waals surface area (Å²) in [6.07, 6.45) is 17.3. The molecule has 1 aromatic carbocycles. The maximum Gasteiger partial charge on any atom is 0.270 e. The first kappa shape index (κ1) is 24.5. The van der Waals surface area contributed by atoms with Crippen LogP contribution in [0, 0.1) is 0 Å². The zero-order valence-electron chi connectivity index (χ0n) is 17.9. The Labute approximate surface area is 187 Å². The van der Waals surface area contributed by atoms with E-state index in [1.54, 1.807) is 0 Å². The molecule has 0 saturated carbocycles. The predicted octanol–water partition coefficient (Wildman–Crippen LogP) is 8.31. The highest BCUT2D eigenvalue weighted by Crippen LogP contribution is 2.58. The molecule has 1 aliphatic rings. The minimum Gasteiger partial charge on any atom is -0.440 e. The van der Waals surface area contributed by atoms with Crippen molar-refractivity contribution in [2.75, 3.05) is 6.61 Å². The molecule has 1 aliphatic carbocycles. The molecule has 0 bridgehead atoms. The molecule has 29 heavy (non-hydrogen) atoms. The second-order valence-corrected chi connectivity index (χ2v) is 11.4. The Morgan fingerprint density at radius 1 is 0.966 bits per heavy atom. The highest BCUT2D eigenvalue weighted by Gasteiger charge is 2.30. The fraction of sp³-hybridized carbons (Fsp3) is 0.542. The molecule has 0 heterocycles. The fourth-order valence-corrected chi connectivity index (χ4v) is 6.74. The van der Waals surface area contributed by atoms with Crippen molar-refractivity contribution < 1.29 is 9.05 Å². The average molecular weight is 451 g/mol. The SMILES string of the molecule is CCCCCCOP(=S)(Oc1ccccc1CCCCCC)C1=CC=CCC1=S. The van der Waals surface area contributed by atoms with Crippen LogP contribution in [-0.2, 0) is 22.8 Å². The van der Waals surface area contributed by atoms with E-state index in [0.29, 0.717) is 6.61 Å². The number of unbranched alkanes of at least 4 members (excludes halogenated alkanes) is 6. The van der Waals surface area contributed by atoms with E-state index in [4.69, 9.17) is 33.1 Å². The Bertz CT molecular complexity index is 755. The van der Waals surface area contributed by atoms with Crippen molar-refractivity contribution in [2.45, 2.75) is 78.1 Å². The van der Waals surface area contributed by atoms with Crippen molar-refractivity contribution in [3.63, 3.8) is 0 Å². The van der Waals surface area contributed by atoms with Crippen molar-refractivity contribution in [3.8, 4) is 5.75 Å². The number of allylic oxidation sites excluding steroid dienone is 4. The smallest absolute Gasteiger partial charge is 0.270 e. The van der Waals surface area contributed by atoms with Crippen LogP contribution in [0.2, 0.25) is 0 Å². The molecule has 1 unspecified atom stereocenters. The van der Waals surface area contributed by atoms with Crippen LogP contribution in [0.4, 0.5) is 0 Å². The fourth-order valence-electron chi connectivity index (χ4n) is 3.31. The number of para-hydroxylation sites is 1. The van der Waals surface area contributed by atoms with Gasteiger partial charge in [0, 0.05) is 11.3 Å². The van der Waals surface area contributed by atoms with E-state index in [-0.39, 0.29) is 0 Å². The van der Waals surface area contributed by atoms with Gasteiger partial charge in [-0.2, -0.15) is 0 Å². The van der Waals surface area contributed by atoms with E-state index < -0.39 is 6.49 Å². The largest absolute Gasteiger partial charge is 0.440 e. The van der Waals surface area contributed by atoms with Crippen LogP contribution in [0.5, 0.6) is 5.75 Å². The molecule has 0 aromatic heterocycles. The van der Waals surface area contributed by atoms with Gasteiger partial charge >= 0.3 is 0 Å². The standard InChI is InChI=1S/C24H35O2PS2/c1-3-5-7-9-15-21-16-10-11-17-22(21)26-27(29,25-20-14-8-6-4-2)23-18-12-13-19-24(23)28/h10-13,16-18H,3-9,14-15,19-20H2,1-2H3. The molecule has 0 saturated heterocycles. The van der Waals surface area contributed by atoms with Gasteiger partial charge in [-0.15, -0.1) is 0 Å². The van der Waals surface area contributed by atoms with Crippen LogP contribution < -0.4 is 4.52 Å². The molecule has 0 aliphatic heterocycles. The Kier molecular flexibility index (Phi) is 11.4. The van der Waals surface area contributed by atoms with Crippen molar-refractivity contribution >= 4 is 35.4 Å². The second-order valence-electron chi connectivity index (χ2n) is 7.51. The Balaban J connectivity index is 2.17. The molecule has 0 radical (unpaired) electrons. The number of benzene rings is 1. The van der Waals surface area contributed by atoms with Gasteiger partial charge in [0.05, 0.1) is 11.9 Å². The number of hydrogen-bond acceptors (Lipinski definition) is 4. The average Bonchev–Trinajstić information content (AvgIpc) is 2.72. The molecule has 0 N–H and O–H groups in total. The summed E-state index contributed by atoms with van der Waals surface area (Å²) in [7, 11) is 0. The van der Waals surface area contributed by atoms with Gasteiger partial charge in [-0.05, 0) is 48.8 Å². The predicted molar refractivity (Wildman–Crippen MR) is 134 cm³/mol. The van der Waals surface area contributed by atoms with Crippen molar-refractivity contribution in [2.24, 2.45) is 0 Å². The number of thiocarbonyl (C=S) groups is 1. The molecule has 2 nitrogen and oxygen atoms in total. The van der Waals surface area contributed by atoms with Gasteiger partial charge in [0.2, 0.25) is 0 Å². The number of hydrogen-bond donors (Lipinski definition) is 0. The molecule has 0 spiro atoms. The summed E-state index contributed by atoms with van der Waals surface area (Å²) < 4.78 is 12.8. The Morgan fingerprint density at radius 3 is 2.41 bits per heavy atom. The van der Waals surface area contributed by atoms with Crippen LogP contribution in [0.15, 0.2) is 47.8 Å². The first-order valence-corrected chi connectivity index (χ1v) is 14.1. The number of aryl methyl sites for hydroxylation is 1. The lowest BCUT2D eigenvalue weighted by atomic mass is 10.1. The molecule has 0 amide bonds. The molecular formula is C24H35O2PS2. The van der Waals surface area contributed by atoms with Gasteiger partial charge in [-0.1, -0.05) is 94.9 Å². The minimum absolute atomic E-state index is 0.625. The number of rotatable bonds is 14. The van der Waals surface area contributed by atoms with Gasteiger partial charge in [0.1, 0.15) is 5.75 Å². The summed E-state index contributed by atoms with van der Waals surface area (Å²) in [5.41, 5.74) is 1.21. The second kappa shape index (κ2) is 13.5. The molecule has 1 aromatic rings. The summed E-state index contributed by atoms with van der Waals surface area (Å²) in [6.45, 7) is 2.38. The van der Waals surface area contributed by atoms with Crippen molar-refractivity contribution in [1.82, 2.24) is 0 Å². The van der Waals surface area contributed by atoms with E-state index in [1.807, 2.05) is 24.3 Å². The zero-order chi connectivity index (χ0) is 21.0. The third kappa shape index (κ3) is 8.09. The summed E-state index contributed by atoms with van der Waals surface area (Å²) in [4.78, 5) is 0.852. The van der Waals surface area contributed by atoms with E-state index in [1.165, 1.54) is 44.1 Å². The van der Waals surface area contributed by atoms with Crippen LogP contribution in [-0.4, -0.2) is 11.5 Å². The highest BCUT2D eigenvalue weighted by atomic mass is 32.5. The van der Waals surface area contributed by atoms with Crippen molar-refractivity contribution in [3.05, 3.63) is 53.4 Å². The minimum atomic E-state index is -2.69. The lowest BCUT2D eigenvalue weighted by Gasteiger charge is -2.28. The Morgan fingerprint density at radius 2 is 1.69 bits per heavy atom. The highest BCUT2D eigenvalue weighted by molar-refractivity contribution is 8.13. The van der Waals surface area contributed by atoms with Crippen LogP contribution in [0.3, 0.4) is 0 Å². The zero-order valence-corrected chi connectivity index (χ0v) is 20.4. The molecule has 160 valence electrons. The maximum absolute atomic E-state index is 6.52. The lowest BCUT2D eigenvalue weighted by Crippen LogP contribution is -2.10. The first-order chi connectivity index (χ1) is 14.1. The summed E-state index contributed by atoms with van der Waals surface area (Å²) in [5.74, 6) is 0.860. The maximum atomic E-state index is 6.52. The quantitative estimate of drug-likeness (QED) is 0.161. The Hall–Kier alpha value is -0.800. The van der Waals surface area contributed by atoms with Gasteiger partial charge in [0.15, 0.2) is 0 Å². The van der Waals surface area contributed by atoms with Gasteiger partial charge in [0.25, 0.3) is 6.49 Å². The molecule has 5 heteroatoms. The van der Waals surface area contributed by atoms with E-state index in [9.17, 15) is 0 Å². The van der Waals surface area contributed by atoms with Gasteiger partial charge < -0.3 is 9.05 Å². The van der Waals surface area contributed by atoms with Gasteiger partial charge in [-0.3, -0.25) is 0 Å². The third-order valence-corrected chi connectivity index (χ3v) is 8.66. The lowest BCUT2D eigenvalue weighted by molar-refractivity contribution is 0.305. The summed E-state index contributed by atoms with van der Waals surface area (Å²) in [5, 5.41) is 0.904. The molecule has 0 fully saturated rings. The molecule has 2 rings (SSSR count). The normalized spacial score (nSPS) is 15.8. The van der Waals surface area contributed by atoms with Crippen LogP contribution in [0.25, 0.3) is 0 Å². The summed E-state index contributed by atoms with van der Waals surface area (Å²) in [6, 6.07) is 8.26. The van der Waals surface area contributed by atoms with E-state index in [0.717, 1.165) is 41.6 Å². The molecule has 1 atom stereocenters. The topological polar surface area (TPSA) is 18.5 Å². The first-order valence-electron chi connectivity index (χ1n) is 11.0.